The van der Waals surface area contributed by atoms with Crippen LogP contribution < -0.4 is 11.4 Å². The van der Waals surface area contributed by atoms with Crippen LogP contribution in [0.2, 0.25) is 0 Å². The van der Waals surface area contributed by atoms with Gasteiger partial charge in [-0.1, -0.05) is 121 Å². The third kappa shape index (κ3) is 15.8. The molecule has 0 spiro atoms. The highest BCUT2D eigenvalue weighted by atomic mass is 19.4. The lowest BCUT2D eigenvalue weighted by molar-refractivity contribution is -0.160. The molecule has 0 bridgehead atoms. The zero-order valence-corrected chi connectivity index (χ0v) is 52.3. The number of hydrogen-bond acceptors (Lipinski definition) is 13. The quantitative estimate of drug-likeness (QED) is 0.0413. The number of halogens is 12. The Hall–Kier alpha value is -9.75. The van der Waals surface area contributed by atoms with Crippen molar-refractivity contribution in [2.24, 2.45) is 0 Å². The van der Waals surface area contributed by atoms with Gasteiger partial charge in [0.15, 0.2) is 5.54 Å². The van der Waals surface area contributed by atoms with Crippen molar-refractivity contribution in [2.75, 3.05) is 40.0 Å². The summed E-state index contributed by atoms with van der Waals surface area (Å²) in [6.07, 6.45) is -22.5. The number of carbonyl (C=O) groups excluding carboxylic acids is 3. The van der Waals surface area contributed by atoms with Gasteiger partial charge in [0, 0.05) is 0 Å². The lowest BCUT2D eigenvalue weighted by Crippen LogP contribution is -2.66. The van der Waals surface area contributed by atoms with Crippen LogP contribution in [-0.4, -0.2) is 103 Å². The highest BCUT2D eigenvalue weighted by Gasteiger charge is 2.58. The summed E-state index contributed by atoms with van der Waals surface area (Å²) in [7, 11) is 1.11. The molecule has 2 saturated heterocycles. The van der Waals surface area contributed by atoms with Crippen LogP contribution in [0.25, 0.3) is 0 Å². The molecule has 6 atom stereocenters. The minimum absolute atomic E-state index is 0.0253. The number of likely N-dealkylation sites (tertiary alicyclic amines) is 2. The van der Waals surface area contributed by atoms with Crippen LogP contribution in [0.5, 0.6) is 0 Å². The summed E-state index contributed by atoms with van der Waals surface area (Å²) in [5, 5.41) is 22.7. The first-order valence-corrected chi connectivity index (χ1v) is 30.1. The minimum Gasteiger partial charge on any atom is -0.467 e. The molecule has 31 heteroatoms. The number of methoxy groups -OCH3 is 1. The average Bonchev–Trinajstić information content (AvgIpc) is 1.05. The highest BCUT2D eigenvalue weighted by Crippen LogP contribution is 2.48. The number of amides is 2. The van der Waals surface area contributed by atoms with E-state index in [1.165, 1.54) is 34.5 Å². The van der Waals surface area contributed by atoms with Gasteiger partial charge in [0.2, 0.25) is 0 Å². The Morgan fingerprint density at radius 2 is 0.867 bits per heavy atom. The number of nitrogens with one attached hydrogen (secondary N) is 2. The van der Waals surface area contributed by atoms with Gasteiger partial charge in [-0.3, -0.25) is 18.9 Å². The maximum absolute atomic E-state index is 14.2. The number of carbonyl (C=O) groups is 3. The molecule has 10 rings (SSSR count). The molecular weight excluding hydrogens is 1320 g/mol. The fraction of sp³-hybridized carbons (Fsp3) is 0.358. The predicted molar refractivity (Wildman–Crippen MR) is 324 cm³/mol. The van der Waals surface area contributed by atoms with Crippen molar-refractivity contribution >= 4 is 18.2 Å². The Kier molecular flexibility index (Phi) is 21.6. The molecule has 0 unspecified atom stereocenters. The van der Waals surface area contributed by atoms with Gasteiger partial charge in [-0.05, 0) is 109 Å². The Morgan fingerprint density at radius 3 is 1.21 bits per heavy atom. The number of benzene rings is 6. The van der Waals surface area contributed by atoms with E-state index in [1.807, 2.05) is 0 Å². The second kappa shape index (κ2) is 29.1. The number of rotatable bonds is 18. The molecule has 2 amide bonds. The number of aliphatic hydroxyl groups is 1. The largest absolute Gasteiger partial charge is 0.467 e. The summed E-state index contributed by atoms with van der Waals surface area (Å²) in [5.41, 5.74) is -12.0. The van der Waals surface area contributed by atoms with Crippen molar-refractivity contribution in [3.63, 3.8) is 0 Å². The van der Waals surface area contributed by atoms with Crippen LogP contribution in [0.1, 0.15) is 107 Å². The van der Waals surface area contributed by atoms with Gasteiger partial charge >= 0.3 is 54.2 Å². The van der Waals surface area contributed by atoms with Gasteiger partial charge in [-0.15, -0.1) is 0 Å². The minimum atomic E-state index is -5.08. The lowest BCUT2D eigenvalue weighted by Gasteiger charge is -2.53. The summed E-state index contributed by atoms with van der Waals surface area (Å²) in [5.74, 6) is -0.874. The molecular formula is C67H64F12N8O11. The number of ether oxygens (including phenoxy) is 5. The normalized spacial score (nSPS) is 20.5. The molecule has 522 valence electrons. The molecule has 4 heterocycles. The Labute approximate surface area is 550 Å². The van der Waals surface area contributed by atoms with Gasteiger partial charge in [0.25, 0.3) is 0 Å². The van der Waals surface area contributed by atoms with Crippen molar-refractivity contribution in [1.82, 2.24) is 39.3 Å². The molecule has 3 N–H and O–H groups in total. The molecule has 2 fully saturated rings. The summed E-state index contributed by atoms with van der Waals surface area (Å²) in [6.45, 7) is 0.0385. The monoisotopic (exact) mass is 1380 g/mol. The van der Waals surface area contributed by atoms with E-state index in [9.17, 15) is 81.8 Å². The van der Waals surface area contributed by atoms with Crippen LogP contribution >= 0.6 is 0 Å². The van der Waals surface area contributed by atoms with E-state index in [0.29, 0.717) is 46.5 Å². The number of H-pyrrole nitrogens is 2. The van der Waals surface area contributed by atoms with Crippen LogP contribution in [0.3, 0.4) is 0 Å². The molecule has 2 aromatic heterocycles. The molecule has 2 aliphatic rings. The number of nitrogens with zero attached hydrogens (tertiary/aromatic N) is 6. The van der Waals surface area contributed by atoms with Crippen LogP contribution in [-0.2, 0) is 88.6 Å². The molecule has 6 aromatic carbocycles. The van der Waals surface area contributed by atoms with E-state index >= 15 is 0 Å². The molecule has 19 nitrogen and oxygen atoms in total. The third-order valence-electron chi connectivity index (χ3n) is 17.6. The average molecular weight is 1390 g/mol. The van der Waals surface area contributed by atoms with Gasteiger partial charge in [-0.2, -0.15) is 62.9 Å². The van der Waals surface area contributed by atoms with E-state index in [1.54, 1.807) is 121 Å². The van der Waals surface area contributed by atoms with Gasteiger partial charge in [0.1, 0.15) is 25.9 Å². The van der Waals surface area contributed by atoms with Gasteiger partial charge in [0.05, 0.1) is 91.1 Å². The Balaban J connectivity index is 0.000000229. The van der Waals surface area contributed by atoms with Crippen LogP contribution in [0.15, 0.2) is 180 Å². The van der Waals surface area contributed by atoms with Crippen molar-refractivity contribution in [1.29, 1.82) is 0 Å². The number of piperidine rings is 2. The zero-order valence-electron chi connectivity index (χ0n) is 52.3. The Bertz CT molecular complexity index is 4090. The summed E-state index contributed by atoms with van der Waals surface area (Å²) < 4.78 is 195. The first kappa shape index (κ1) is 72.5. The number of alkyl halides is 12. The maximum Gasteiger partial charge on any atom is 0.416 e. The third-order valence-corrected chi connectivity index (χ3v) is 17.6. The first-order valence-electron chi connectivity index (χ1n) is 30.1. The summed E-state index contributed by atoms with van der Waals surface area (Å²) in [6, 6.07) is 36.8. The molecule has 98 heavy (non-hydrogen) atoms. The van der Waals surface area contributed by atoms with Crippen LogP contribution in [0.4, 0.5) is 62.3 Å². The van der Waals surface area contributed by atoms with Gasteiger partial charge < -0.3 is 28.8 Å². The smallest absolute Gasteiger partial charge is 0.416 e. The zero-order chi connectivity index (χ0) is 71.1. The number of aromatic amines is 2. The number of esters is 1. The fourth-order valence-corrected chi connectivity index (χ4v) is 12.1. The van der Waals surface area contributed by atoms with Crippen molar-refractivity contribution in [3.05, 3.63) is 247 Å². The predicted octanol–water partition coefficient (Wildman–Crippen LogP) is 13.0. The maximum atomic E-state index is 14.2. The molecule has 0 saturated carbocycles. The molecule has 0 radical (unpaired) electrons. The number of aliphatic hydroxyl groups excluding tert-OH is 1. The van der Waals surface area contributed by atoms with Gasteiger partial charge in [-0.25, -0.2) is 34.2 Å². The Morgan fingerprint density at radius 1 is 0.510 bits per heavy atom. The molecule has 8 aromatic rings. The number of aromatic nitrogens is 6. The van der Waals surface area contributed by atoms with Crippen LogP contribution in [0, 0.1) is 0 Å². The first-order chi connectivity index (χ1) is 46.3. The fourth-order valence-electron chi connectivity index (χ4n) is 12.1. The lowest BCUT2D eigenvalue weighted by atomic mass is 9.74. The molecule has 2 aliphatic heterocycles. The van der Waals surface area contributed by atoms with E-state index in [0.717, 1.165) is 18.0 Å². The van der Waals surface area contributed by atoms with E-state index in [-0.39, 0.29) is 63.1 Å². The van der Waals surface area contributed by atoms with Crippen molar-refractivity contribution < 1.29 is 95.9 Å². The van der Waals surface area contributed by atoms with E-state index in [2.05, 4.69) is 20.4 Å². The highest BCUT2D eigenvalue weighted by molar-refractivity contribution is 5.81. The second-order valence-electron chi connectivity index (χ2n) is 23.6. The van der Waals surface area contributed by atoms with E-state index in [4.69, 9.17) is 23.7 Å². The van der Waals surface area contributed by atoms with E-state index < -0.39 is 143 Å². The second-order valence-corrected chi connectivity index (χ2v) is 23.6. The summed E-state index contributed by atoms with van der Waals surface area (Å²) >= 11 is 0. The summed E-state index contributed by atoms with van der Waals surface area (Å²) in [4.78, 5) is 69.7. The number of hydrogen-bond donors (Lipinski definition) is 3. The molecule has 0 aliphatic carbocycles. The SMILES string of the molecule is COC(=O)[C@]1(n2cn[nH]c2=O)CC[C@@](CO[C@H](C)c2cc(C(F)(F)F)cc(C(F)(F)F)c2)(c2ccccc2)N(C(=O)OCc2ccccc2)C1.C[C@@H](OC[C@@]1(c2ccccc2)CC[C@](CO)(n2cn[nH]c2=O)CN1C(=O)OCc1ccccc1)c1cc(C(F)(F)F)cc(C(F)(F)F)c1. The van der Waals surface area contributed by atoms with Crippen molar-refractivity contribution in [3.8, 4) is 0 Å². The van der Waals surface area contributed by atoms with Crippen molar-refractivity contribution in [2.45, 2.75) is 112 Å². The topological polar surface area (TPSA) is 225 Å². The standard InChI is InChI=1S/C34H32F6N4O6.C33H32F6N4O5/c1-22(24-15-26(33(35,36)37)17-27(16-24)34(38,39)40)50-20-32(25-11-7-4-8-12-25)14-13-31(28(45)48-2,44-21-41-42-29(44)46)19-43(32)30(47)49-18-23-9-5-3-6-10-23;1-22(24-14-26(32(34,35)36)16-27(15-24)33(37,38)39)48-20-31(25-10-6-3-7-11-25)13-12-30(19-44,43-21-40-41-28(43)45)18-42(31)29(46)47-17-23-8-4-2-5-9-23/h3-12,15-17,21-22H,13-14,18-20H2,1-2H3,(H,42,46);2-11,14-16,21-22,44H,12-13,17-20H2,1H3,(H,41,45)/t22-,31+,32-;22-,30+,31-/m11/s1.